The lowest BCUT2D eigenvalue weighted by atomic mass is 10.2. The number of aromatic nitrogens is 3. The maximum Gasteiger partial charge on any atom is 0.267 e. The Kier molecular flexibility index (Phi) is 6.76. The summed E-state index contributed by atoms with van der Waals surface area (Å²) in [7, 11) is 0. The van der Waals surface area contributed by atoms with Crippen molar-refractivity contribution in [1.29, 1.82) is 0 Å². The van der Waals surface area contributed by atoms with Gasteiger partial charge in [-0.25, -0.2) is 4.98 Å². The number of carbonyl (C=O) groups is 1. The lowest BCUT2D eigenvalue weighted by Crippen LogP contribution is -2.22. The van der Waals surface area contributed by atoms with Crippen molar-refractivity contribution in [3.05, 3.63) is 103 Å². The Morgan fingerprint density at radius 2 is 1.64 bits per heavy atom. The molecule has 5 rings (SSSR count). The molecule has 2 aromatic carbocycles. The fourth-order valence-electron chi connectivity index (χ4n) is 4.42. The predicted octanol–water partition coefficient (Wildman–Crippen LogP) is 7.21. The molecule has 0 unspecified atom stereocenters. The van der Waals surface area contributed by atoms with Gasteiger partial charge >= 0.3 is 0 Å². The first kappa shape index (κ1) is 24.7. The summed E-state index contributed by atoms with van der Waals surface area (Å²) in [5.74, 6) is 0.183. The van der Waals surface area contributed by atoms with E-state index in [-0.39, 0.29) is 17.1 Å². The molecule has 0 aliphatic carbocycles. The molecule has 0 N–H and O–H groups in total. The number of thiophene rings is 1. The van der Waals surface area contributed by atoms with Crippen molar-refractivity contribution in [2.24, 2.45) is 0 Å². The van der Waals surface area contributed by atoms with Crippen LogP contribution in [0.1, 0.15) is 32.2 Å². The summed E-state index contributed by atoms with van der Waals surface area (Å²) < 4.78 is 4.72. The van der Waals surface area contributed by atoms with E-state index in [4.69, 9.17) is 4.98 Å². The van der Waals surface area contributed by atoms with Crippen LogP contribution in [0.4, 0.5) is 0 Å². The molecular formula is C28H24BrN3O2S2. The average Bonchev–Trinajstić information content (AvgIpc) is 3.32. The van der Waals surface area contributed by atoms with Crippen molar-refractivity contribution in [1.82, 2.24) is 14.1 Å². The Bertz CT molecular complexity index is 1670. The van der Waals surface area contributed by atoms with E-state index in [1.807, 2.05) is 88.4 Å². The number of ketones is 1. The molecule has 0 saturated carbocycles. The highest BCUT2D eigenvalue weighted by molar-refractivity contribution is 9.10. The normalized spacial score (nSPS) is 11.4. The largest absolute Gasteiger partial charge is 0.318 e. The van der Waals surface area contributed by atoms with Crippen molar-refractivity contribution in [3.63, 3.8) is 0 Å². The molecule has 8 heteroatoms. The van der Waals surface area contributed by atoms with E-state index in [1.54, 1.807) is 4.57 Å². The Morgan fingerprint density at radius 3 is 2.33 bits per heavy atom. The monoisotopic (exact) mass is 577 g/mol. The number of aryl methyl sites for hydroxylation is 3. The van der Waals surface area contributed by atoms with E-state index >= 15 is 0 Å². The van der Waals surface area contributed by atoms with Crippen LogP contribution in [0.2, 0.25) is 0 Å². The Hall–Kier alpha value is -2.94. The maximum atomic E-state index is 13.6. The summed E-state index contributed by atoms with van der Waals surface area (Å²) in [5.41, 5.74) is 5.18. The number of fused-ring (bicyclic) bond motifs is 1. The molecule has 0 spiro atoms. The van der Waals surface area contributed by atoms with E-state index in [1.165, 1.54) is 23.1 Å². The van der Waals surface area contributed by atoms with Gasteiger partial charge in [-0.15, -0.1) is 11.3 Å². The zero-order chi connectivity index (χ0) is 25.6. The highest BCUT2D eigenvalue weighted by atomic mass is 79.9. The molecule has 5 aromatic rings. The quantitative estimate of drug-likeness (QED) is 0.121. The zero-order valence-corrected chi connectivity index (χ0v) is 23.6. The first-order valence-corrected chi connectivity index (χ1v) is 14.0. The third-order valence-electron chi connectivity index (χ3n) is 6.34. The second-order valence-electron chi connectivity index (χ2n) is 8.64. The molecule has 5 nitrogen and oxygen atoms in total. The lowest BCUT2D eigenvalue weighted by Gasteiger charge is -2.12. The lowest BCUT2D eigenvalue weighted by molar-refractivity contribution is 0.102. The van der Waals surface area contributed by atoms with Gasteiger partial charge in [-0.2, -0.15) is 0 Å². The van der Waals surface area contributed by atoms with Crippen LogP contribution in [-0.2, 0) is 0 Å². The van der Waals surface area contributed by atoms with Gasteiger partial charge in [-0.05, 0) is 75.7 Å². The molecule has 0 bridgehead atoms. The Labute approximate surface area is 225 Å². The summed E-state index contributed by atoms with van der Waals surface area (Å²) >= 11 is 6.30. The van der Waals surface area contributed by atoms with E-state index in [2.05, 4.69) is 20.5 Å². The second kappa shape index (κ2) is 9.84. The highest BCUT2D eigenvalue weighted by Crippen LogP contribution is 2.30. The fraction of sp³-hybridized carbons (Fsp3) is 0.179. The van der Waals surface area contributed by atoms with Gasteiger partial charge in [0, 0.05) is 32.0 Å². The van der Waals surface area contributed by atoms with E-state index in [9.17, 15) is 9.59 Å². The van der Waals surface area contributed by atoms with E-state index in [0.717, 1.165) is 37.7 Å². The average molecular weight is 579 g/mol. The number of carbonyl (C=O) groups excluding carboxylic acids is 1. The van der Waals surface area contributed by atoms with Crippen LogP contribution < -0.4 is 5.56 Å². The van der Waals surface area contributed by atoms with Gasteiger partial charge in [0.15, 0.2) is 10.9 Å². The Morgan fingerprint density at radius 1 is 0.972 bits per heavy atom. The smallest absolute Gasteiger partial charge is 0.267 e. The zero-order valence-electron chi connectivity index (χ0n) is 20.3. The molecule has 3 heterocycles. The predicted molar refractivity (Wildman–Crippen MR) is 153 cm³/mol. The van der Waals surface area contributed by atoms with Crippen molar-refractivity contribution in [2.75, 3.05) is 5.75 Å². The van der Waals surface area contributed by atoms with E-state index in [0.29, 0.717) is 20.9 Å². The minimum absolute atomic E-state index is 0.00367. The summed E-state index contributed by atoms with van der Waals surface area (Å²) in [4.78, 5) is 33.6. The number of hydrogen-bond acceptors (Lipinski definition) is 5. The highest BCUT2D eigenvalue weighted by Gasteiger charge is 2.21. The summed E-state index contributed by atoms with van der Waals surface area (Å²) in [6, 6.07) is 19.5. The van der Waals surface area contributed by atoms with Gasteiger partial charge in [-0.3, -0.25) is 14.2 Å². The van der Waals surface area contributed by atoms with Crippen LogP contribution in [0.25, 0.3) is 21.6 Å². The number of hydrogen-bond donors (Lipinski definition) is 0. The van der Waals surface area contributed by atoms with Gasteiger partial charge in [0.25, 0.3) is 5.56 Å². The third-order valence-corrected chi connectivity index (χ3v) is 8.90. The molecular weight excluding hydrogens is 554 g/mol. The number of thioether (sulfide) groups is 1. The molecule has 0 radical (unpaired) electrons. The van der Waals surface area contributed by atoms with Crippen molar-refractivity contribution in [3.8, 4) is 11.4 Å². The van der Waals surface area contributed by atoms with Crippen molar-refractivity contribution >= 4 is 55.0 Å². The number of rotatable bonds is 6. The van der Waals surface area contributed by atoms with Crippen LogP contribution in [0, 0.1) is 27.7 Å². The van der Waals surface area contributed by atoms with Crippen LogP contribution in [0.3, 0.4) is 0 Å². The molecule has 0 aliphatic heterocycles. The molecule has 0 fully saturated rings. The molecule has 3 aromatic heterocycles. The number of nitrogens with zero attached hydrogens (tertiary/aromatic N) is 3. The van der Waals surface area contributed by atoms with Gasteiger partial charge in [0.05, 0.1) is 16.8 Å². The number of benzene rings is 2. The summed E-state index contributed by atoms with van der Waals surface area (Å²) in [6.45, 7) is 7.94. The minimum Gasteiger partial charge on any atom is -0.318 e. The van der Waals surface area contributed by atoms with Gasteiger partial charge in [0.1, 0.15) is 4.83 Å². The van der Waals surface area contributed by atoms with Crippen LogP contribution in [0.15, 0.2) is 75.1 Å². The molecule has 0 aliphatic rings. The van der Waals surface area contributed by atoms with Crippen LogP contribution in [-0.4, -0.2) is 25.7 Å². The molecule has 0 saturated heterocycles. The molecule has 182 valence electrons. The maximum absolute atomic E-state index is 13.6. The van der Waals surface area contributed by atoms with Gasteiger partial charge in [0.2, 0.25) is 0 Å². The SMILES string of the molecule is Cc1sc2nc(SCC(=O)c3cc(C)n(-c4ccc(Br)cc4)c3C)n(-c3ccccc3)c(=O)c2c1C. The molecule has 0 atom stereocenters. The molecule has 36 heavy (non-hydrogen) atoms. The fourth-order valence-corrected chi connectivity index (χ4v) is 6.65. The van der Waals surface area contributed by atoms with Gasteiger partial charge in [-0.1, -0.05) is 45.9 Å². The Balaban J connectivity index is 1.51. The summed E-state index contributed by atoms with van der Waals surface area (Å²) in [6.07, 6.45) is 0. The number of Topliss-reactive ketones (excluding diaryl/α,β-unsaturated/α-hetero) is 1. The van der Waals surface area contributed by atoms with E-state index < -0.39 is 0 Å². The van der Waals surface area contributed by atoms with Crippen LogP contribution >= 0.6 is 39.0 Å². The number of halogens is 1. The standard InChI is InChI=1S/C28H24BrN3O2S2/c1-16-14-23(18(3)31(16)22-12-10-20(29)11-13-22)24(33)15-35-28-30-26-25(17(2)19(4)36-26)27(34)32(28)21-8-6-5-7-9-21/h5-14H,15H2,1-4H3. The van der Waals surface area contributed by atoms with Gasteiger partial charge < -0.3 is 4.57 Å². The topological polar surface area (TPSA) is 56.9 Å². The second-order valence-corrected chi connectivity index (χ2v) is 11.7. The molecule has 0 amide bonds. The summed E-state index contributed by atoms with van der Waals surface area (Å²) in [5, 5.41) is 1.17. The first-order chi connectivity index (χ1) is 17.3. The minimum atomic E-state index is -0.101. The number of para-hydroxylation sites is 1. The van der Waals surface area contributed by atoms with Crippen molar-refractivity contribution in [2.45, 2.75) is 32.9 Å². The third kappa shape index (κ3) is 4.38. The first-order valence-electron chi connectivity index (χ1n) is 11.5. The van der Waals surface area contributed by atoms with Crippen molar-refractivity contribution < 1.29 is 4.79 Å². The van der Waals surface area contributed by atoms with Crippen LogP contribution in [0.5, 0.6) is 0 Å².